The molecule has 1 rings (SSSR count). The summed E-state index contributed by atoms with van der Waals surface area (Å²) in [6, 6.07) is 5.25. The lowest BCUT2D eigenvalue weighted by Gasteiger charge is -2.19. The smallest absolute Gasteiger partial charge is 0.243 e. The van der Waals surface area contributed by atoms with Gasteiger partial charge < -0.3 is 5.32 Å². The van der Waals surface area contributed by atoms with E-state index in [4.69, 9.17) is 0 Å². The summed E-state index contributed by atoms with van der Waals surface area (Å²) < 4.78 is 26.4. The largest absolute Gasteiger partial charge is 0.316 e. The number of benzene rings is 1. The Hall–Kier alpha value is -1.17. The van der Waals surface area contributed by atoms with Crippen LogP contribution in [0.4, 0.5) is 0 Å². The van der Waals surface area contributed by atoms with E-state index in [1.54, 1.807) is 18.2 Å². The Morgan fingerprint density at radius 1 is 1.42 bits per heavy atom. The van der Waals surface area contributed by atoms with Gasteiger partial charge in [-0.1, -0.05) is 19.1 Å². The number of nitrogens with zero attached hydrogens (tertiary/aromatic N) is 1. The van der Waals surface area contributed by atoms with Gasteiger partial charge in [-0.05, 0) is 37.2 Å². The van der Waals surface area contributed by atoms with E-state index >= 15 is 0 Å². The third-order valence-electron chi connectivity index (χ3n) is 3.01. The summed E-state index contributed by atoms with van der Waals surface area (Å²) in [5, 5.41) is 3.05. The molecule has 5 heteroatoms. The number of likely N-dealkylation sites (N-methyl/N-ethyl adjacent to an activating group) is 1. The van der Waals surface area contributed by atoms with Crippen molar-refractivity contribution in [1.82, 2.24) is 9.62 Å². The van der Waals surface area contributed by atoms with Crippen LogP contribution in [0.5, 0.6) is 0 Å². The zero-order chi connectivity index (χ0) is 14.5. The fourth-order valence-electron chi connectivity index (χ4n) is 1.88. The molecule has 0 saturated heterocycles. The highest BCUT2D eigenvalue weighted by atomic mass is 32.2. The molecule has 0 bridgehead atoms. The van der Waals surface area contributed by atoms with Gasteiger partial charge in [0.1, 0.15) is 0 Å². The van der Waals surface area contributed by atoms with E-state index in [9.17, 15) is 8.42 Å². The molecule has 0 saturated carbocycles. The van der Waals surface area contributed by atoms with Crippen molar-refractivity contribution >= 4 is 10.0 Å². The van der Waals surface area contributed by atoms with Crippen molar-refractivity contribution in [1.29, 1.82) is 0 Å². The number of nitrogens with one attached hydrogen (secondary N) is 1. The van der Waals surface area contributed by atoms with E-state index in [1.807, 2.05) is 27.0 Å². The number of hydrogen-bond donors (Lipinski definition) is 1. The molecule has 0 radical (unpaired) electrons. The van der Waals surface area contributed by atoms with Crippen LogP contribution in [0.1, 0.15) is 18.1 Å². The number of sulfonamides is 1. The molecule has 0 spiro atoms. The van der Waals surface area contributed by atoms with Crippen molar-refractivity contribution < 1.29 is 8.42 Å². The number of aryl methyl sites for hydroxylation is 1. The van der Waals surface area contributed by atoms with Crippen LogP contribution in [0.3, 0.4) is 0 Å². The standard InChI is InChI=1S/C14H22N2O2S/c1-5-9-16(6-2)19(17,18)14-8-7-12(3)13(10-14)11-15-4/h5,7-8,10,15H,1,6,9,11H2,2-4H3. The van der Waals surface area contributed by atoms with Crippen molar-refractivity contribution in [3.63, 3.8) is 0 Å². The minimum atomic E-state index is -3.44. The normalized spacial score (nSPS) is 11.8. The molecular weight excluding hydrogens is 260 g/mol. The van der Waals surface area contributed by atoms with Gasteiger partial charge in [-0.3, -0.25) is 0 Å². The van der Waals surface area contributed by atoms with Gasteiger partial charge in [0.15, 0.2) is 0 Å². The van der Waals surface area contributed by atoms with Crippen molar-refractivity contribution in [3.8, 4) is 0 Å². The van der Waals surface area contributed by atoms with E-state index in [-0.39, 0.29) is 0 Å². The van der Waals surface area contributed by atoms with E-state index in [0.29, 0.717) is 24.5 Å². The highest BCUT2D eigenvalue weighted by Gasteiger charge is 2.22. The minimum absolute atomic E-state index is 0.327. The van der Waals surface area contributed by atoms with Crippen molar-refractivity contribution in [3.05, 3.63) is 42.0 Å². The molecule has 1 aromatic rings. The average molecular weight is 282 g/mol. The van der Waals surface area contributed by atoms with E-state index in [0.717, 1.165) is 11.1 Å². The Morgan fingerprint density at radius 2 is 2.11 bits per heavy atom. The van der Waals surface area contributed by atoms with Gasteiger partial charge in [0.2, 0.25) is 10.0 Å². The molecule has 1 aromatic carbocycles. The fourth-order valence-corrected chi connectivity index (χ4v) is 3.35. The second-order valence-electron chi connectivity index (χ2n) is 4.36. The summed E-state index contributed by atoms with van der Waals surface area (Å²) in [6.07, 6.45) is 1.60. The highest BCUT2D eigenvalue weighted by Crippen LogP contribution is 2.19. The SMILES string of the molecule is C=CCN(CC)S(=O)(=O)c1ccc(C)c(CNC)c1. The van der Waals surface area contributed by atoms with Crippen LogP contribution in [0.15, 0.2) is 35.7 Å². The van der Waals surface area contributed by atoms with Crippen LogP contribution < -0.4 is 5.32 Å². The molecule has 0 unspecified atom stereocenters. The molecule has 0 atom stereocenters. The van der Waals surface area contributed by atoms with Crippen LogP contribution in [0.2, 0.25) is 0 Å². The molecule has 0 aliphatic rings. The van der Waals surface area contributed by atoms with Gasteiger partial charge in [0.25, 0.3) is 0 Å². The summed E-state index contributed by atoms with van der Waals surface area (Å²) >= 11 is 0. The maximum absolute atomic E-state index is 12.5. The first-order chi connectivity index (χ1) is 8.97. The maximum Gasteiger partial charge on any atom is 0.243 e. The lowest BCUT2D eigenvalue weighted by Crippen LogP contribution is -2.31. The number of rotatable bonds is 7. The van der Waals surface area contributed by atoms with Gasteiger partial charge in [-0.25, -0.2) is 8.42 Å². The molecule has 0 aromatic heterocycles. The first kappa shape index (κ1) is 15.9. The zero-order valence-electron chi connectivity index (χ0n) is 11.8. The summed E-state index contributed by atoms with van der Waals surface area (Å²) in [7, 11) is -1.59. The van der Waals surface area contributed by atoms with Crippen LogP contribution in [-0.4, -0.2) is 32.9 Å². The monoisotopic (exact) mass is 282 g/mol. The Morgan fingerprint density at radius 3 is 2.63 bits per heavy atom. The van der Waals surface area contributed by atoms with Crippen LogP contribution in [0, 0.1) is 6.92 Å². The highest BCUT2D eigenvalue weighted by molar-refractivity contribution is 7.89. The molecule has 0 amide bonds. The quantitative estimate of drug-likeness (QED) is 0.777. The van der Waals surface area contributed by atoms with Crippen LogP contribution in [-0.2, 0) is 16.6 Å². The van der Waals surface area contributed by atoms with Gasteiger partial charge in [-0.2, -0.15) is 4.31 Å². The molecule has 4 nitrogen and oxygen atoms in total. The van der Waals surface area contributed by atoms with Gasteiger partial charge >= 0.3 is 0 Å². The lowest BCUT2D eigenvalue weighted by atomic mass is 10.1. The third kappa shape index (κ3) is 3.65. The van der Waals surface area contributed by atoms with Crippen molar-refractivity contribution in [2.24, 2.45) is 0 Å². The molecule has 0 aliphatic heterocycles. The van der Waals surface area contributed by atoms with Gasteiger partial charge in [0.05, 0.1) is 4.90 Å². The first-order valence-electron chi connectivity index (χ1n) is 6.32. The molecular formula is C14H22N2O2S. The molecule has 0 heterocycles. The van der Waals surface area contributed by atoms with Crippen LogP contribution >= 0.6 is 0 Å². The second-order valence-corrected chi connectivity index (χ2v) is 6.30. The van der Waals surface area contributed by atoms with E-state index in [1.165, 1.54) is 4.31 Å². The fraction of sp³-hybridized carbons (Fsp3) is 0.429. The summed E-state index contributed by atoms with van der Waals surface area (Å²) in [5.41, 5.74) is 2.08. The summed E-state index contributed by atoms with van der Waals surface area (Å²) in [6.45, 7) is 8.82. The van der Waals surface area contributed by atoms with Crippen LogP contribution in [0.25, 0.3) is 0 Å². The second kappa shape index (κ2) is 6.84. The first-order valence-corrected chi connectivity index (χ1v) is 7.76. The number of hydrogen-bond acceptors (Lipinski definition) is 3. The van der Waals surface area contributed by atoms with E-state index < -0.39 is 10.0 Å². The van der Waals surface area contributed by atoms with Crippen molar-refractivity contribution in [2.45, 2.75) is 25.3 Å². The zero-order valence-corrected chi connectivity index (χ0v) is 12.6. The van der Waals surface area contributed by atoms with E-state index in [2.05, 4.69) is 11.9 Å². The summed E-state index contributed by atoms with van der Waals surface area (Å²) in [4.78, 5) is 0.340. The predicted molar refractivity (Wildman–Crippen MR) is 78.6 cm³/mol. The third-order valence-corrected chi connectivity index (χ3v) is 4.95. The predicted octanol–water partition coefficient (Wildman–Crippen LogP) is 1.91. The molecule has 19 heavy (non-hydrogen) atoms. The molecule has 1 N–H and O–H groups in total. The van der Waals surface area contributed by atoms with Crippen molar-refractivity contribution in [2.75, 3.05) is 20.1 Å². The Kier molecular flexibility index (Phi) is 5.72. The maximum atomic E-state index is 12.5. The van der Waals surface area contributed by atoms with Gasteiger partial charge in [0, 0.05) is 19.6 Å². The summed E-state index contributed by atoms with van der Waals surface area (Å²) in [5.74, 6) is 0. The minimum Gasteiger partial charge on any atom is -0.316 e. The Balaban J connectivity index is 3.20. The molecule has 0 aliphatic carbocycles. The van der Waals surface area contributed by atoms with Gasteiger partial charge in [-0.15, -0.1) is 6.58 Å². The molecule has 106 valence electrons. The molecule has 0 fully saturated rings. The lowest BCUT2D eigenvalue weighted by molar-refractivity contribution is 0.459. The Labute approximate surface area is 116 Å². The average Bonchev–Trinajstić information content (AvgIpc) is 2.38. The Bertz CT molecular complexity index is 538. The topological polar surface area (TPSA) is 49.4 Å².